The van der Waals surface area contributed by atoms with Crippen LogP contribution in [-0.2, 0) is 16.1 Å². The first-order valence-electron chi connectivity index (χ1n) is 8.37. The van der Waals surface area contributed by atoms with Crippen molar-refractivity contribution in [2.75, 3.05) is 13.1 Å². The number of hydrogen-bond acceptors (Lipinski definition) is 2. The lowest BCUT2D eigenvalue weighted by Crippen LogP contribution is -2.32. The van der Waals surface area contributed by atoms with Gasteiger partial charge in [0.1, 0.15) is 0 Å². The highest BCUT2D eigenvalue weighted by Gasteiger charge is 2.33. The predicted octanol–water partition coefficient (Wildman–Crippen LogP) is 2.84. The first-order valence-corrected chi connectivity index (χ1v) is 8.37. The van der Waals surface area contributed by atoms with E-state index in [2.05, 4.69) is 29.6 Å². The summed E-state index contributed by atoms with van der Waals surface area (Å²) in [6.07, 6.45) is 0.326. The Kier molecular flexibility index (Phi) is 4.94. The van der Waals surface area contributed by atoms with Crippen LogP contribution in [0.25, 0.3) is 11.1 Å². The average molecular weight is 322 g/mol. The molecule has 1 fully saturated rings. The monoisotopic (exact) mass is 322 g/mol. The van der Waals surface area contributed by atoms with E-state index in [0.717, 1.165) is 11.1 Å². The van der Waals surface area contributed by atoms with Crippen LogP contribution in [0.3, 0.4) is 0 Å². The fourth-order valence-corrected chi connectivity index (χ4v) is 3.03. The summed E-state index contributed by atoms with van der Waals surface area (Å²) in [7, 11) is 0. The molecule has 4 heteroatoms. The van der Waals surface area contributed by atoms with E-state index in [4.69, 9.17) is 0 Å². The van der Waals surface area contributed by atoms with Crippen LogP contribution in [0.5, 0.6) is 0 Å². The van der Waals surface area contributed by atoms with Gasteiger partial charge in [0.05, 0.1) is 5.92 Å². The van der Waals surface area contributed by atoms with E-state index in [1.165, 1.54) is 5.56 Å². The van der Waals surface area contributed by atoms with Gasteiger partial charge in [0, 0.05) is 26.1 Å². The summed E-state index contributed by atoms with van der Waals surface area (Å²) in [5.41, 5.74) is 3.39. The number of amides is 2. The Labute approximate surface area is 142 Å². The molecule has 0 aromatic heterocycles. The molecule has 1 aliphatic rings. The van der Waals surface area contributed by atoms with Crippen molar-refractivity contribution in [2.24, 2.45) is 5.92 Å². The maximum absolute atomic E-state index is 12.2. The Morgan fingerprint density at radius 2 is 1.75 bits per heavy atom. The van der Waals surface area contributed by atoms with Crippen molar-refractivity contribution in [2.45, 2.75) is 19.9 Å². The standard InChI is InChI=1S/C20H22N2O2/c1-2-22-14-18(12-19(22)23)20(24)21-13-15-8-10-17(11-9-15)16-6-4-3-5-7-16/h3-11,18H,2,12-14H2,1H3,(H,21,24)/t18-/m0/s1. The smallest absolute Gasteiger partial charge is 0.225 e. The summed E-state index contributed by atoms with van der Waals surface area (Å²) in [6, 6.07) is 18.4. The highest BCUT2D eigenvalue weighted by Crippen LogP contribution is 2.20. The van der Waals surface area contributed by atoms with E-state index in [1.54, 1.807) is 4.90 Å². The lowest BCUT2D eigenvalue weighted by Gasteiger charge is -2.13. The number of rotatable bonds is 5. The van der Waals surface area contributed by atoms with Crippen LogP contribution in [0.2, 0.25) is 0 Å². The molecule has 0 spiro atoms. The molecule has 0 bridgehead atoms. The number of carbonyl (C=O) groups is 2. The first kappa shape index (κ1) is 16.2. The summed E-state index contributed by atoms with van der Waals surface area (Å²) in [4.78, 5) is 25.7. The van der Waals surface area contributed by atoms with Crippen LogP contribution in [0, 0.1) is 5.92 Å². The second-order valence-corrected chi connectivity index (χ2v) is 6.11. The lowest BCUT2D eigenvalue weighted by molar-refractivity contribution is -0.128. The average Bonchev–Trinajstić information content (AvgIpc) is 3.02. The largest absolute Gasteiger partial charge is 0.352 e. The van der Waals surface area contributed by atoms with Crippen LogP contribution >= 0.6 is 0 Å². The molecule has 1 heterocycles. The Hall–Kier alpha value is -2.62. The van der Waals surface area contributed by atoms with Crippen molar-refractivity contribution in [3.63, 3.8) is 0 Å². The van der Waals surface area contributed by atoms with Gasteiger partial charge in [-0.3, -0.25) is 9.59 Å². The highest BCUT2D eigenvalue weighted by molar-refractivity contribution is 5.89. The Morgan fingerprint density at radius 1 is 1.08 bits per heavy atom. The molecule has 3 rings (SSSR count). The van der Waals surface area contributed by atoms with Crippen molar-refractivity contribution in [1.82, 2.24) is 10.2 Å². The van der Waals surface area contributed by atoms with Gasteiger partial charge in [0.15, 0.2) is 0 Å². The first-order chi connectivity index (χ1) is 11.7. The molecular formula is C20H22N2O2. The molecule has 0 saturated carbocycles. The van der Waals surface area contributed by atoms with Crippen LogP contribution in [-0.4, -0.2) is 29.8 Å². The predicted molar refractivity (Wildman–Crippen MR) is 94.1 cm³/mol. The van der Waals surface area contributed by atoms with E-state index in [0.29, 0.717) is 26.1 Å². The topological polar surface area (TPSA) is 49.4 Å². The molecule has 2 aromatic rings. The Morgan fingerprint density at radius 3 is 2.38 bits per heavy atom. The summed E-state index contributed by atoms with van der Waals surface area (Å²) in [5.74, 6) is -0.183. The minimum Gasteiger partial charge on any atom is -0.352 e. The van der Waals surface area contributed by atoms with E-state index in [-0.39, 0.29) is 17.7 Å². The molecule has 124 valence electrons. The summed E-state index contributed by atoms with van der Waals surface area (Å²) in [5, 5.41) is 2.95. The quantitative estimate of drug-likeness (QED) is 0.920. The van der Waals surface area contributed by atoms with Crippen molar-refractivity contribution in [3.05, 3.63) is 60.2 Å². The molecular weight excluding hydrogens is 300 g/mol. The van der Waals surface area contributed by atoms with Gasteiger partial charge in [0.25, 0.3) is 0 Å². The van der Waals surface area contributed by atoms with Gasteiger partial charge in [-0.1, -0.05) is 54.6 Å². The summed E-state index contributed by atoms with van der Waals surface area (Å²) >= 11 is 0. The molecule has 1 N–H and O–H groups in total. The molecule has 0 aliphatic carbocycles. The molecule has 1 aliphatic heterocycles. The zero-order valence-electron chi connectivity index (χ0n) is 13.9. The fourth-order valence-electron chi connectivity index (χ4n) is 3.03. The van der Waals surface area contributed by atoms with Gasteiger partial charge in [0.2, 0.25) is 11.8 Å². The molecule has 24 heavy (non-hydrogen) atoms. The van der Waals surface area contributed by atoms with Crippen LogP contribution in [0.15, 0.2) is 54.6 Å². The number of carbonyl (C=O) groups excluding carboxylic acids is 2. The van der Waals surface area contributed by atoms with Crippen LogP contribution in [0.4, 0.5) is 0 Å². The third-order valence-corrected chi connectivity index (χ3v) is 4.49. The number of likely N-dealkylation sites (tertiary alicyclic amines) is 1. The van der Waals surface area contributed by atoms with Gasteiger partial charge in [-0.25, -0.2) is 0 Å². The second-order valence-electron chi connectivity index (χ2n) is 6.11. The Balaban J connectivity index is 1.55. The maximum Gasteiger partial charge on any atom is 0.225 e. The van der Waals surface area contributed by atoms with Crippen molar-refractivity contribution in [1.29, 1.82) is 0 Å². The molecule has 0 radical (unpaired) electrons. The molecule has 2 amide bonds. The molecule has 4 nitrogen and oxygen atoms in total. The molecule has 1 saturated heterocycles. The second kappa shape index (κ2) is 7.30. The summed E-state index contributed by atoms with van der Waals surface area (Å²) in [6.45, 7) is 3.63. The zero-order chi connectivity index (χ0) is 16.9. The SMILES string of the molecule is CCN1C[C@@H](C(=O)NCc2ccc(-c3ccccc3)cc2)CC1=O. The zero-order valence-corrected chi connectivity index (χ0v) is 13.9. The molecule has 1 atom stereocenters. The van der Waals surface area contributed by atoms with E-state index in [9.17, 15) is 9.59 Å². The van der Waals surface area contributed by atoms with E-state index >= 15 is 0 Å². The number of nitrogens with one attached hydrogen (secondary N) is 1. The van der Waals surface area contributed by atoms with E-state index < -0.39 is 0 Å². The minimum atomic E-state index is -0.221. The Bertz CT molecular complexity index is 710. The lowest BCUT2D eigenvalue weighted by atomic mass is 10.0. The van der Waals surface area contributed by atoms with E-state index in [1.807, 2.05) is 37.3 Å². The fraction of sp³-hybridized carbons (Fsp3) is 0.300. The van der Waals surface area contributed by atoms with Crippen molar-refractivity contribution < 1.29 is 9.59 Å². The number of benzene rings is 2. The molecule has 2 aromatic carbocycles. The highest BCUT2D eigenvalue weighted by atomic mass is 16.2. The van der Waals surface area contributed by atoms with Crippen LogP contribution < -0.4 is 5.32 Å². The van der Waals surface area contributed by atoms with Gasteiger partial charge in [-0.2, -0.15) is 0 Å². The minimum absolute atomic E-state index is 0.0357. The van der Waals surface area contributed by atoms with Crippen molar-refractivity contribution in [3.8, 4) is 11.1 Å². The van der Waals surface area contributed by atoms with Gasteiger partial charge in [-0.05, 0) is 23.6 Å². The third-order valence-electron chi connectivity index (χ3n) is 4.49. The van der Waals surface area contributed by atoms with Gasteiger partial charge < -0.3 is 10.2 Å². The summed E-state index contributed by atoms with van der Waals surface area (Å²) < 4.78 is 0. The number of nitrogens with zero attached hydrogens (tertiary/aromatic N) is 1. The number of hydrogen-bond donors (Lipinski definition) is 1. The maximum atomic E-state index is 12.2. The van der Waals surface area contributed by atoms with Gasteiger partial charge >= 0.3 is 0 Å². The van der Waals surface area contributed by atoms with Crippen molar-refractivity contribution >= 4 is 11.8 Å². The van der Waals surface area contributed by atoms with Crippen LogP contribution in [0.1, 0.15) is 18.9 Å². The van der Waals surface area contributed by atoms with Gasteiger partial charge in [-0.15, -0.1) is 0 Å². The third kappa shape index (κ3) is 3.65. The normalized spacial score (nSPS) is 17.1. The molecule has 0 unspecified atom stereocenters.